The van der Waals surface area contributed by atoms with E-state index in [1.807, 2.05) is 0 Å². The number of hydrogen-bond acceptors (Lipinski definition) is 5. The summed E-state index contributed by atoms with van der Waals surface area (Å²) in [5.41, 5.74) is -0.290. The molecule has 0 bridgehead atoms. The third kappa shape index (κ3) is 5.42. The molecular formula is C22H30O6. The Hall–Kier alpha value is -2.18. The number of ketones is 1. The van der Waals surface area contributed by atoms with E-state index in [2.05, 4.69) is 0 Å². The van der Waals surface area contributed by atoms with E-state index < -0.39 is 23.3 Å². The Morgan fingerprint density at radius 1 is 1.36 bits per heavy atom. The lowest BCUT2D eigenvalue weighted by Gasteiger charge is -2.38. The zero-order chi connectivity index (χ0) is 21.3. The number of rotatable bonds is 7. The fraction of sp³-hybridized carbons (Fsp3) is 0.545. The number of aliphatic hydroxyl groups excluding tert-OH is 1. The van der Waals surface area contributed by atoms with Crippen LogP contribution in [0.2, 0.25) is 0 Å². The van der Waals surface area contributed by atoms with Crippen LogP contribution in [0.1, 0.15) is 62.5 Å². The summed E-state index contributed by atoms with van der Waals surface area (Å²) >= 11 is 0. The highest BCUT2D eigenvalue weighted by Crippen LogP contribution is 2.38. The summed E-state index contributed by atoms with van der Waals surface area (Å²) in [4.78, 5) is 23.7. The van der Waals surface area contributed by atoms with Gasteiger partial charge in [0, 0.05) is 12.3 Å². The minimum absolute atomic E-state index is 0.0953. The minimum Gasteiger partial charge on any atom is -0.485 e. The molecule has 154 valence electrons. The van der Waals surface area contributed by atoms with Crippen LogP contribution in [-0.4, -0.2) is 44.4 Å². The highest BCUT2D eigenvalue weighted by molar-refractivity contribution is 5.91. The second-order valence-electron chi connectivity index (χ2n) is 8.68. The SMILES string of the molecule is CC(CCc1cc(C(=O)O)cc2c1OC(C)(C)C(O)C2)C(=O)C=CC(C)(C)O. The average Bonchev–Trinajstić information content (AvgIpc) is 2.57. The van der Waals surface area contributed by atoms with Crippen molar-refractivity contribution in [3.8, 4) is 5.75 Å². The molecule has 1 heterocycles. The maximum absolute atomic E-state index is 12.3. The van der Waals surface area contributed by atoms with E-state index in [9.17, 15) is 24.9 Å². The molecule has 0 aliphatic carbocycles. The molecule has 2 rings (SSSR count). The monoisotopic (exact) mass is 390 g/mol. The van der Waals surface area contributed by atoms with E-state index in [1.165, 1.54) is 12.2 Å². The second-order valence-corrected chi connectivity index (χ2v) is 8.68. The third-order valence-electron chi connectivity index (χ3n) is 5.06. The molecule has 0 spiro atoms. The van der Waals surface area contributed by atoms with Crippen LogP contribution in [0.15, 0.2) is 24.3 Å². The van der Waals surface area contributed by atoms with Crippen LogP contribution >= 0.6 is 0 Å². The molecule has 28 heavy (non-hydrogen) atoms. The van der Waals surface area contributed by atoms with E-state index in [4.69, 9.17) is 4.74 Å². The summed E-state index contributed by atoms with van der Waals surface area (Å²) in [7, 11) is 0. The standard InChI is InChI=1S/C22H30O6/c1-13(17(23)8-9-21(2,3)27)6-7-14-10-16(20(25)26)11-15-12-18(24)22(4,5)28-19(14)15/h8-11,13,18,24,27H,6-7,12H2,1-5H3,(H,25,26). The Balaban J connectivity index is 2.24. The summed E-state index contributed by atoms with van der Waals surface area (Å²) in [6, 6.07) is 3.12. The van der Waals surface area contributed by atoms with Gasteiger partial charge in [0.2, 0.25) is 0 Å². The van der Waals surface area contributed by atoms with Crippen molar-refractivity contribution in [1.29, 1.82) is 0 Å². The van der Waals surface area contributed by atoms with Gasteiger partial charge in [-0.15, -0.1) is 0 Å². The summed E-state index contributed by atoms with van der Waals surface area (Å²) in [6.07, 6.45) is 3.43. The highest BCUT2D eigenvalue weighted by atomic mass is 16.5. The number of carboxylic acid groups (broad SMARTS) is 1. The lowest BCUT2D eigenvalue weighted by Crippen LogP contribution is -2.46. The molecule has 1 aliphatic heterocycles. The van der Waals surface area contributed by atoms with E-state index >= 15 is 0 Å². The van der Waals surface area contributed by atoms with Gasteiger partial charge in [0.15, 0.2) is 5.78 Å². The Kier molecular flexibility index (Phi) is 6.36. The smallest absolute Gasteiger partial charge is 0.335 e. The normalized spacial score (nSPS) is 19.8. The number of aromatic carboxylic acids is 1. The van der Waals surface area contributed by atoms with E-state index in [1.54, 1.807) is 46.8 Å². The predicted molar refractivity (Wildman–Crippen MR) is 106 cm³/mol. The summed E-state index contributed by atoms with van der Waals surface area (Å²) in [5.74, 6) is -0.820. The molecule has 1 aromatic carbocycles. The lowest BCUT2D eigenvalue weighted by molar-refractivity contribution is -0.118. The van der Waals surface area contributed by atoms with Crippen molar-refractivity contribution < 1.29 is 29.6 Å². The van der Waals surface area contributed by atoms with Gasteiger partial charge in [-0.05, 0) is 69.9 Å². The van der Waals surface area contributed by atoms with Gasteiger partial charge in [0.1, 0.15) is 11.4 Å². The van der Waals surface area contributed by atoms with E-state index in [0.29, 0.717) is 30.6 Å². The van der Waals surface area contributed by atoms with Gasteiger partial charge in [-0.2, -0.15) is 0 Å². The number of aliphatic hydroxyl groups is 2. The topological polar surface area (TPSA) is 104 Å². The number of fused-ring (bicyclic) bond motifs is 1. The number of benzene rings is 1. The summed E-state index contributed by atoms with van der Waals surface area (Å²) in [5, 5.41) is 29.4. The van der Waals surface area contributed by atoms with Gasteiger partial charge in [0.25, 0.3) is 0 Å². The van der Waals surface area contributed by atoms with Crippen LogP contribution in [0.5, 0.6) is 5.75 Å². The van der Waals surface area contributed by atoms with Crippen molar-refractivity contribution in [3.63, 3.8) is 0 Å². The molecule has 0 saturated heterocycles. The quantitative estimate of drug-likeness (QED) is 0.619. The molecule has 6 nitrogen and oxygen atoms in total. The van der Waals surface area contributed by atoms with Crippen molar-refractivity contribution in [3.05, 3.63) is 41.0 Å². The molecule has 6 heteroatoms. The van der Waals surface area contributed by atoms with Gasteiger partial charge in [0.05, 0.1) is 17.3 Å². The molecule has 2 atom stereocenters. The fourth-order valence-corrected chi connectivity index (χ4v) is 3.10. The molecule has 0 amide bonds. The van der Waals surface area contributed by atoms with E-state index in [-0.39, 0.29) is 17.3 Å². The maximum Gasteiger partial charge on any atom is 0.335 e. The third-order valence-corrected chi connectivity index (χ3v) is 5.06. The highest BCUT2D eigenvalue weighted by Gasteiger charge is 2.37. The Morgan fingerprint density at radius 3 is 2.57 bits per heavy atom. The number of carboxylic acids is 1. The molecular weight excluding hydrogens is 360 g/mol. The Bertz CT molecular complexity index is 785. The number of hydrogen-bond donors (Lipinski definition) is 3. The average molecular weight is 390 g/mol. The fourth-order valence-electron chi connectivity index (χ4n) is 3.10. The van der Waals surface area contributed by atoms with Gasteiger partial charge in [-0.1, -0.05) is 13.0 Å². The maximum atomic E-state index is 12.3. The zero-order valence-corrected chi connectivity index (χ0v) is 17.2. The van der Waals surface area contributed by atoms with Crippen LogP contribution in [0.4, 0.5) is 0 Å². The first-order chi connectivity index (χ1) is 12.8. The zero-order valence-electron chi connectivity index (χ0n) is 17.2. The number of allylic oxidation sites excluding steroid dienone is 1. The van der Waals surface area contributed by atoms with Crippen LogP contribution in [-0.2, 0) is 17.6 Å². The largest absolute Gasteiger partial charge is 0.485 e. The minimum atomic E-state index is -1.05. The second kappa shape index (κ2) is 8.05. The van der Waals surface area contributed by atoms with Crippen molar-refractivity contribution in [2.45, 2.75) is 71.2 Å². The number of ether oxygens (including phenoxy) is 1. The van der Waals surface area contributed by atoms with Crippen molar-refractivity contribution >= 4 is 11.8 Å². The molecule has 0 radical (unpaired) electrons. The van der Waals surface area contributed by atoms with E-state index in [0.717, 1.165) is 5.56 Å². The summed E-state index contributed by atoms with van der Waals surface area (Å²) < 4.78 is 6.01. The molecule has 0 saturated carbocycles. The molecule has 3 N–H and O–H groups in total. The summed E-state index contributed by atoms with van der Waals surface area (Å²) in [6.45, 7) is 8.59. The van der Waals surface area contributed by atoms with Crippen LogP contribution in [0, 0.1) is 5.92 Å². The molecule has 0 aromatic heterocycles. The van der Waals surface area contributed by atoms with Crippen molar-refractivity contribution in [2.24, 2.45) is 5.92 Å². The first kappa shape index (κ1) is 22.1. The van der Waals surface area contributed by atoms with Gasteiger partial charge < -0.3 is 20.1 Å². The number of carbonyl (C=O) groups excluding carboxylic acids is 1. The van der Waals surface area contributed by atoms with Crippen molar-refractivity contribution in [1.82, 2.24) is 0 Å². The lowest BCUT2D eigenvalue weighted by atomic mass is 9.87. The van der Waals surface area contributed by atoms with Gasteiger partial charge in [-0.3, -0.25) is 4.79 Å². The molecule has 0 fully saturated rings. The van der Waals surface area contributed by atoms with Crippen LogP contribution in [0.25, 0.3) is 0 Å². The number of carbonyl (C=O) groups is 2. The molecule has 1 aliphatic rings. The van der Waals surface area contributed by atoms with Crippen LogP contribution in [0.3, 0.4) is 0 Å². The van der Waals surface area contributed by atoms with Crippen LogP contribution < -0.4 is 4.74 Å². The first-order valence-corrected chi connectivity index (χ1v) is 9.52. The first-order valence-electron chi connectivity index (χ1n) is 9.52. The van der Waals surface area contributed by atoms with Crippen molar-refractivity contribution in [2.75, 3.05) is 0 Å². The molecule has 1 aromatic rings. The molecule has 2 unspecified atom stereocenters. The van der Waals surface area contributed by atoms with Gasteiger partial charge >= 0.3 is 5.97 Å². The van der Waals surface area contributed by atoms with Gasteiger partial charge in [-0.25, -0.2) is 4.79 Å². The number of aryl methyl sites for hydroxylation is 1. The predicted octanol–water partition coefficient (Wildman–Crippen LogP) is 2.92. The Labute approximate surface area is 165 Å². The Morgan fingerprint density at radius 2 is 2.00 bits per heavy atom.